The van der Waals surface area contributed by atoms with Crippen LogP contribution in [0, 0.1) is 0 Å². The van der Waals surface area contributed by atoms with Crippen molar-refractivity contribution in [3.05, 3.63) is 71.4 Å². The number of anilines is 1. The number of amides is 2. The molecule has 0 aliphatic carbocycles. The summed E-state index contributed by atoms with van der Waals surface area (Å²) in [5.41, 5.74) is 2.81. The normalized spacial score (nSPS) is 20.0. The van der Waals surface area contributed by atoms with Gasteiger partial charge in [-0.3, -0.25) is 9.59 Å². The molecule has 4 heterocycles. The van der Waals surface area contributed by atoms with E-state index >= 15 is 0 Å². The quantitative estimate of drug-likeness (QED) is 0.364. The molecule has 2 aliphatic rings. The smallest absolute Gasteiger partial charge is 0.239 e. The molecule has 2 aromatic heterocycles. The van der Waals surface area contributed by atoms with Crippen molar-refractivity contribution in [3.8, 4) is 17.2 Å². The third kappa shape index (κ3) is 6.57. The second kappa shape index (κ2) is 13.0. The van der Waals surface area contributed by atoms with Gasteiger partial charge in [0.1, 0.15) is 17.9 Å². The molecule has 2 aliphatic heterocycles. The van der Waals surface area contributed by atoms with Crippen molar-refractivity contribution < 1.29 is 23.8 Å². The van der Waals surface area contributed by atoms with E-state index in [1.54, 1.807) is 29.7 Å². The number of piperidine rings is 1. The van der Waals surface area contributed by atoms with E-state index in [2.05, 4.69) is 20.2 Å². The number of likely N-dealkylation sites (N-methyl/N-ethyl adjacent to an activating group) is 1. The Hall–Kier alpha value is -4.22. The molecular weight excluding hydrogens is 566 g/mol. The zero-order valence-corrected chi connectivity index (χ0v) is 25.1. The highest BCUT2D eigenvalue weighted by molar-refractivity contribution is 7.17. The van der Waals surface area contributed by atoms with Crippen molar-refractivity contribution >= 4 is 39.2 Å². The van der Waals surface area contributed by atoms with Gasteiger partial charge in [-0.2, -0.15) is 0 Å². The molecule has 4 aromatic rings. The van der Waals surface area contributed by atoms with Crippen LogP contribution in [0.4, 0.5) is 5.82 Å². The van der Waals surface area contributed by atoms with Crippen LogP contribution < -0.4 is 19.7 Å². The fraction of sp³-hybridized carbons (Fsp3) is 0.375. The molecule has 1 saturated heterocycles. The highest BCUT2D eigenvalue weighted by Gasteiger charge is 2.33. The molecule has 43 heavy (non-hydrogen) atoms. The minimum Gasteiger partial charge on any atom is -0.493 e. The Morgan fingerprint density at radius 2 is 2.00 bits per heavy atom. The van der Waals surface area contributed by atoms with Crippen molar-refractivity contribution in [2.75, 3.05) is 38.2 Å². The lowest BCUT2D eigenvalue weighted by Gasteiger charge is -2.39. The molecule has 1 fully saturated rings. The molecule has 4 bridgehead atoms. The molecule has 10 nitrogen and oxygen atoms in total. The Balaban J connectivity index is 1.29. The van der Waals surface area contributed by atoms with E-state index in [4.69, 9.17) is 14.2 Å². The second-order valence-electron chi connectivity index (χ2n) is 10.7. The molecule has 0 spiro atoms. The van der Waals surface area contributed by atoms with E-state index in [-0.39, 0.29) is 36.9 Å². The van der Waals surface area contributed by atoms with Crippen LogP contribution in [-0.2, 0) is 27.4 Å². The van der Waals surface area contributed by atoms with Gasteiger partial charge in [-0.1, -0.05) is 18.2 Å². The summed E-state index contributed by atoms with van der Waals surface area (Å²) in [5.74, 6) is 2.45. The van der Waals surface area contributed by atoms with Gasteiger partial charge in [0.2, 0.25) is 11.8 Å². The number of aryl methyl sites for hydroxylation is 1. The summed E-state index contributed by atoms with van der Waals surface area (Å²) in [4.78, 5) is 39.2. The van der Waals surface area contributed by atoms with Gasteiger partial charge in [0, 0.05) is 26.1 Å². The van der Waals surface area contributed by atoms with Gasteiger partial charge in [0.15, 0.2) is 11.5 Å². The van der Waals surface area contributed by atoms with Gasteiger partial charge in [0.05, 0.1) is 42.6 Å². The third-order valence-corrected chi connectivity index (χ3v) is 8.84. The lowest BCUT2D eigenvalue weighted by molar-refractivity contribution is -0.136. The van der Waals surface area contributed by atoms with E-state index in [0.717, 1.165) is 27.2 Å². The van der Waals surface area contributed by atoms with Crippen LogP contribution in [0.3, 0.4) is 0 Å². The summed E-state index contributed by atoms with van der Waals surface area (Å²) in [6.07, 6.45) is 2.75. The average molecular weight is 602 g/mol. The van der Waals surface area contributed by atoms with Gasteiger partial charge >= 0.3 is 0 Å². The first-order valence-electron chi connectivity index (χ1n) is 14.6. The van der Waals surface area contributed by atoms with E-state index in [1.807, 2.05) is 60.8 Å². The molecule has 2 aromatic carbocycles. The van der Waals surface area contributed by atoms with Crippen LogP contribution in [0.1, 0.15) is 30.9 Å². The Labute approximate surface area is 254 Å². The predicted molar refractivity (Wildman–Crippen MR) is 165 cm³/mol. The molecule has 2 atom stereocenters. The molecule has 0 saturated carbocycles. The van der Waals surface area contributed by atoms with E-state index < -0.39 is 0 Å². The van der Waals surface area contributed by atoms with Crippen LogP contribution in [0.15, 0.2) is 60.2 Å². The fourth-order valence-electron chi connectivity index (χ4n) is 5.64. The van der Waals surface area contributed by atoms with Gasteiger partial charge in [-0.05, 0) is 66.6 Å². The molecule has 224 valence electrons. The Kier molecular flexibility index (Phi) is 8.71. The van der Waals surface area contributed by atoms with Gasteiger partial charge in [-0.25, -0.2) is 9.97 Å². The summed E-state index contributed by atoms with van der Waals surface area (Å²) < 4.78 is 19.4. The lowest BCUT2D eigenvalue weighted by atomic mass is 10.0. The van der Waals surface area contributed by atoms with E-state index in [0.29, 0.717) is 56.3 Å². The molecule has 2 amide bonds. The molecule has 11 heteroatoms. The number of hydrogen-bond acceptors (Lipinski definition) is 9. The minimum absolute atomic E-state index is 0.00299. The van der Waals surface area contributed by atoms with Crippen LogP contribution in [-0.4, -0.2) is 72.1 Å². The Bertz CT molecular complexity index is 1610. The van der Waals surface area contributed by atoms with Crippen molar-refractivity contribution in [1.82, 2.24) is 20.2 Å². The monoisotopic (exact) mass is 601 g/mol. The summed E-state index contributed by atoms with van der Waals surface area (Å²) in [5, 5.41) is 5.20. The number of methoxy groups -OCH3 is 1. The molecule has 6 rings (SSSR count). The van der Waals surface area contributed by atoms with Crippen molar-refractivity contribution in [2.45, 2.75) is 44.9 Å². The maximum Gasteiger partial charge on any atom is 0.239 e. The number of nitrogens with zero attached hydrogens (tertiary/aromatic N) is 4. The lowest BCUT2D eigenvalue weighted by Crippen LogP contribution is -2.56. The number of fused-ring (bicyclic) bond motifs is 6. The number of rotatable bonds is 3. The van der Waals surface area contributed by atoms with Crippen molar-refractivity contribution in [3.63, 3.8) is 0 Å². The number of ether oxygens (including phenoxy) is 3. The van der Waals surface area contributed by atoms with E-state index in [9.17, 15) is 9.59 Å². The van der Waals surface area contributed by atoms with E-state index in [1.165, 1.54) is 0 Å². The van der Waals surface area contributed by atoms with Crippen LogP contribution >= 0.6 is 11.3 Å². The summed E-state index contributed by atoms with van der Waals surface area (Å²) in [6.45, 7) is 3.92. The number of hydrogen-bond donors (Lipinski definition) is 1. The summed E-state index contributed by atoms with van der Waals surface area (Å²) >= 11 is 1.62. The number of nitrogens with one attached hydrogen (secondary N) is 1. The number of aromatic nitrogens is 2. The Morgan fingerprint density at radius 3 is 2.86 bits per heavy atom. The number of thiophene rings is 1. The zero-order chi connectivity index (χ0) is 29.8. The van der Waals surface area contributed by atoms with Crippen molar-refractivity contribution in [2.24, 2.45) is 0 Å². The first-order chi connectivity index (χ1) is 21.0. The third-order valence-electron chi connectivity index (χ3n) is 7.94. The van der Waals surface area contributed by atoms with Crippen LogP contribution in [0.25, 0.3) is 10.2 Å². The van der Waals surface area contributed by atoms with Gasteiger partial charge in [-0.15, -0.1) is 11.3 Å². The predicted octanol–water partition coefficient (Wildman–Crippen LogP) is 4.57. The van der Waals surface area contributed by atoms with Gasteiger partial charge < -0.3 is 29.3 Å². The summed E-state index contributed by atoms with van der Waals surface area (Å²) in [7, 11) is 1.60. The molecule has 1 N–H and O–H groups in total. The fourth-order valence-corrected chi connectivity index (χ4v) is 6.50. The number of benzene rings is 2. The SMILES string of the molecule is CCN1CC(=O)N[C@H]2CCN(c3ncnc4ccsc34)C[C@@H]2OCc2cccc(c2)Oc2cc(ccc2OC)CCC1=O. The highest BCUT2D eigenvalue weighted by atomic mass is 32.1. The number of carbonyl (C=O) groups excluding carboxylic acids is 2. The van der Waals surface area contributed by atoms with Crippen LogP contribution in [0.2, 0.25) is 0 Å². The minimum atomic E-state index is -0.311. The maximum absolute atomic E-state index is 13.3. The maximum atomic E-state index is 13.3. The average Bonchev–Trinajstić information content (AvgIpc) is 3.51. The largest absolute Gasteiger partial charge is 0.493 e. The van der Waals surface area contributed by atoms with Gasteiger partial charge in [0.25, 0.3) is 0 Å². The van der Waals surface area contributed by atoms with Crippen molar-refractivity contribution in [1.29, 1.82) is 0 Å². The second-order valence-corrected chi connectivity index (χ2v) is 11.6. The molecule has 0 radical (unpaired) electrons. The van der Waals surface area contributed by atoms with Crippen LogP contribution in [0.5, 0.6) is 17.2 Å². The highest BCUT2D eigenvalue weighted by Crippen LogP contribution is 2.34. The Morgan fingerprint density at radius 1 is 1.09 bits per heavy atom. The molecular formula is C32H35N5O5S. The molecule has 0 unspecified atom stereocenters. The zero-order valence-electron chi connectivity index (χ0n) is 24.3. The summed E-state index contributed by atoms with van der Waals surface area (Å²) in [6, 6.07) is 15.2. The number of carbonyl (C=O) groups is 2. The topological polar surface area (TPSA) is 106 Å². The first kappa shape index (κ1) is 28.9. The standard InChI is InChI=1S/C32H35N5O5S/c1-3-36-18-29(38)35-24-11-13-37(32-31-25(12-14-43-31)33-20-34-32)17-28(24)41-19-22-5-4-6-23(15-22)42-27-16-21(8-10-30(36)39)7-9-26(27)40-2/h4-7,9,12,14-16,20,24,28H,3,8,10-11,13,17-19H2,1-2H3,(H,35,38)/t24-,28-/m0/s1. The first-order valence-corrected chi connectivity index (χ1v) is 15.4.